The quantitative estimate of drug-likeness (QED) is 0.312. The average Bonchev–Trinajstić information content (AvgIpc) is 2.83. The molecule has 0 aliphatic carbocycles. The van der Waals surface area contributed by atoms with Gasteiger partial charge in [0.2, 0.25) is 0 Å². The van der Waals surface area contributed by atoms with E-state index < -0.39 is 0 Å². The van der Waals surface area contributed by atoms with Gasteiger partial charge in [-0.05, 0) is 60.4 Å². The van der Waals surface area contributed by atoms with Gasteiger partial charge in [0.25, 0.3) is 5.91 Å². The number of aryl methyl sites for hydroxylation is 2. The van der Waals surface area contributed by atoms with Gasteiger partial charge in [-0.25, -0.2) is 0 Å². The van der Waals surface area contributed by atoms with Crippen molar-refractivity contribution < 1.29 is 4.79 Å². The van der Waals surface area contributed by atoms with Gasteiger partial charge in [-0.2, -0.15) is 0 Å². The largest absolute Gasteiger partial charge is 0.341 e. The van der Waals surface area contributed by atoms with E-state index in [1.807, 2.05) is 54.6 Å². The normalized spacial score (nSPS) is 11.7. The van der Waals surface area contributed by atoms with E-state index in [-0.39, 0.29) is 11.9 Å². The number of benzene rings is 4. The van der Waals surface area contributed by atoms with Crippen molar-refractivity contribution in [3.05, 3.63) is 137 Å². The highest BCUT2D eigenvalue weighted by molar-refractivity contribution is 7.98. The topological polar surface area (TPSA) is 29.1 Å². The molecule has 1 N–H and O–H groups in total. The second-order valence-corrected chi connectivity index (χ2v) is 9.02. The summed E-state index contributed by atoms with van der Waals surface area (Å²) in [4.78, 5) is 14.4. The molecule has 0 bridgehead atoms. The molecule has 0 fully saturated rings. The first kappa shape index (κ1) is 21.9. The summed E-state index contributed by atoms with van der Waals surface area (Å²) in [6.07, 6.45) is 0. The Kier molecular flexibility index (Phi) is 7.08. The molecule has 1 unspecified atom stereocenters. The maximum Gasteiger partial charge on any atom is 0.252 e. The first-order chi connectivity index (χ1) is 15.6. The molecule has 1 atom stereocenters. The maximum atomic E-state index is 13.1. The van der Waals surface area contributed by atoms with E-state index in [1.54, 1.807) is 11.8 Å². The minimum Gasteiger partial charge on any atom is -0.341 e. The Morgan fingerprint density at radius 1 is 0.781 bits per heavy atom. The highest BCUT2D eigenvalue weighted by Gasteiger charge is 2.19. The van der Waals surface area contributed by atoms with Crippen LogP contribution >= 0.6 is 11.8 Å². The van der Waals surface area contributed by atoms with Gasteiger partial charge in [-0.3, -0.25) is 4.79 Å². The standard InChI is InChI=1S/C29H27NOS/c1-21-12-18-26(19-13-21)32-20-23-14-16-25(17-15-23)29(31)30-28(24-9-4-3-5-10-24)27-11-7-6-8-22(27)2/h3-19,28H,20H2,1-2H3,(H,30,31). The van der Waals surface area contributed by atoms with E-state index in [0.29, 0.717) is 5.56 Å². The maximum absolute atomic E-state index is 13.1. The lowest BCUT2D eigenvalue weighted by molar-refractivity contribution is 0.0943. The molecule has 0 aliphatic heterocycles. The third kappa shape index (κ3) is 5.49. The van der Waals surface area contributed by atoms with Crippen molar-refractivity contribution in [3.63, 3.8) is 0 Å². The molecular formula is C29H27NOS. The summed E-state index contributed by atoms with van der Waals surface area (Å²) >= 11 is 1.80. The minimum absolute atomic E-state index is 0.0696. The SMILES string of the molecule is Cc1ccc(SCc2ccc(C(=O)NC(c3ccccc3)c3ccccc3C)cc2)cc1. The third-order valence-electron chi connectivity index (χ3n) is 5.55. The van der Waals surface area contributed by atoms with E-state index in [0.717, 1.165) is 22.4 Å². The Bertz CT molecular complexity index is 1170. The average molecular weight is 438 g/mol. The molecule has 32 heavy (non-hydrogen) atoms. The Balaban J connectivity index is 1.47. The van der Waals surface area contributed by atoms with Gasteiger partial charge in [0.15, 0.2) is 0 Å². The number of hydrogen-bond donors (Lipinski definition) is 1. The Morgan fingerprint density at radius 3 is 2.12 bits per heavy atom. The molecule has 0 spiro atoms. The molecule has 4 aromatic rings. The molecule has 0 saturated heterocycles. The predicted molar refractivity (Wildman–Crippen MR) is 134 cm³/mol. The Labute approximate surface area is 194 Å². The van der Waals surface area contributed by atoms with Gasteiger partial charge >= 0.3 is 0 Å². The number of nitrogens with one attached hydrogen (secondary N) is 1. The number of rotatable bonds is 7. The number of thioether (sulfide) groups is 1. The summed E-state index contributed by atoms with van der Waals surface area (Å²) in [6.45, 7) is 4.18. The van der Waals surface area contributed by atoms with Crippen LogP contribution in [0.3, 0.4) is 0 Å². The predicted octanol–water partition coefficient (Wildman–Crippen LogP) is 7.12. The summed E-state index contributed by atoms with van der Waals surface area (Å²) in [5, 5.41) is 3.25. The Morgan fingerprint density at radius 2 is 1.44 bits per heavy atom. The fourth-order valence-corrected chi connectivity index (χ4v) is 4.52. The summed E-state index contributed by atoms with van der Waals surface area (Å²) in [5.74, 6) is 0.806. The van der Waals surface area contributed by atoms with E-state index in [1.165, 1.54) is 16.0 Å². The molecule has 0 heterocycles. The number of carbonyl (C=O) groups is 1. The van der Waals surface area contributed by atoms with E-state index >= 15 is 0 Å². The van der Waals surface area contributed by atoms with Crippen molar-refractivity contribution in [2.45, 2.75) is 30.5 Å². The van der Waals surface area contributed by atoms with Crippen LogP contribution in [-0.4, -0.2) is 5.91 Å². The monoisotopic (exact) mass is 437 g/mol. The van der Waals surface area contributed by atoms with Gasteiger partial charge in [0.1, 0.15) is 0 Å². The molecule has 0 aliphatic rings. The van der Waals surface area contributed by atoms with Crippen LogP contribution in [0.5, 0.6) is 0 Å². The third-order valence-corrected chi connectivity index (χ3v) is 6.63. The fourth-order valence-electron chi connectivity index (χ4n) is 3.66. The highest BCUT2D eigenvalue weighted by Crippen LogP contribution is 2.26. The van der Waals surface area contributed by atoms with Crippen molar-refractivity contribution in [1.29, 1.82) is 0 Å². The van der Waals surface area contributed by atoms with Crippen LogP contribution in [-0.2, 0) is 5.75 Å². The Hall–Kier alpha value is -3.30. The van der Waals surface area contributed by atoms with Gasteiger partial charge in [0.05, 0.1) is 6.04 Å². The molecule has 0 aromatic heterocycles. The summed E-state index contributed by atoms with van der Waals surface area (Å²) < 4.78 is 0. The minimum atomic E-state index is -0.193. The van der Waals surface area contributed by atoms with E-state index in [2.05, 4.69) is 67.7 Å². The van der Waals surface area contributed by atoms with Crippen LogP contribution in [0, 0.1) is 13.8 Å². The zero-order valence-electron chi connectivity index (χ0n) is 18.4. The first-order valence-corrected chi connectivity index (χ1v) is 11.8. The molecule has 4 rings (SSSR count). The summed E-state index contributed by atoms with van der Waals surface area (Å²) in [5.41, 5.74) is 6.48. The van der Waals surface area contributed by atoms with E-state index in [4.69, 9.17) is 0 Å². The molecule has 1 amide bonds. The zero-order valence-corrected chi connectivity index (χ0v) is 19.2. The van der Waals surface area contributed by atoms with Crippen LogP contribution < -0.4 is 5.32 Å². The van der Waals surface area contributed by atoms with Crippen LogP contribution in [0.4, 0.5) is 0 Å². The van der Waals surface area contributed by atoms with Crippen LogP contribution in [0.1, 0.15) is 44.2 Å². The summed E-state index contributed by atoms with van der Waals surface area (Å²) in [6, 6.07) is 34.6. The fraction of sp³-hybridized carbons (Fsp3) is 0.138. The number of hydrogen-bond acceptors (Lipinski definition) is 2. The van der Waals surface area contributed by atoms with Crippen LogP contribution in [0.25, 0.3) is 0 Å². The highest BCUT2D eigenvalue weighted by atomic mass is 32.2. The smallest absolute Gasteiger partial charge is 0.252 e. The lowest BCUT2D eigenvalue weighted by Gasteiger charge is -2.22. The molecule has 0 radical (unpaired) electrons. The second kappa shape index (κ2) is 10.3. The molecule has 4 aromatic carbocycles. The summed E-state index contributed by atoms with van der Waals surface area (Å²) in [7, 11) is 0. The molecular weight excluding hydrogens is 410 g/mol. The lowest BCUT2D eigenvalue weighted by Crippen LogP contribution is -2.29. The van der Waals surface area contributed by atoms with Gasteiger partial charge in [-0.1, -0.05) is 84.4 Å². The number of carbonyl (C=O) groups excluding carboxylic acids is 1. The molecule has 3 heteroatoms. The van der Waals surface area contributed by atoms with Gasteiger partial charge in [0, 0.05) is 16.2 Å². The van der Waals surface area contributed by atoms with Gasteiger partial charge in [-0.15, -0.1) is 11.8 Å². The van der Waals surface area contributed by atoms with Crippen LogP contribution in [0.15, 0.2) is 108 Å². The van der Waals surface area contributed by atoms with Gasteiger partial charge < -0.3 is 5.32 Å². The van der Waals surface area contributed by atoms with Crippen molar-refractivity contribution in [3.8, 4) is 0 Å². The zero-order chi connectivity index (χ0) is 22.3. The van der Waals surface area contributed by atoms with Crippen molar-refractivity contribution in [1.82, 2.24) is 5.32 Å². The molecule has 0 saturated carbocycles. The van der Waals surface area contributed by atoms with Crippen molar-refractivity contribution in [2.75, 3.05) is 0 Å². The molecule has 160 valence electrons. The van der Waals surface area contributed by atoms with Crippen LogP contribution in [0.2, 0.25) is 0 Å². The van der Waals surface area contributed by atoms with Crippen molar-refractivity contribution >= 4 is 17.7 Å². The molecule has 2 nitrogen and oxygen atoms in total. The first-order valence-electron chi connectivity index (χ1n) is 10.8. The lowest BCUT2D eigenvalue weighted by atomic mass is 9.94. The van der Waals surface area contributed by atoms with Crippen molar-refractivity contribution in [2.24, 2.45) is 0 Å². The second-order valence-electron chi connectivity index (χ2n) is 7.97. The van der Waals surface area contributed by atoms with E-state index in [9.17, 15) is 4.79 Å². The number of amides is 1.